The standard InChI is InChI=1S/C13H18N2O2/c1-3-6-11(7-5-10-16)12-8-9-13(17)15(4-2)14-12/h5-9,16H,3-4,10H2,1-2H3. The van der Waals surface area contributed by atoms with Crippen LogP contribution in [0, 0.1) is 0 Å². The van der Waals surface area contributed by atoms with Gasteiger partial charge in [-0.1, -0.05) is 25.2 Å². The highest BCUT2D eigenvalue weighted by molar-refractivity contribution is 5.71. The molecule has 1 heterocycles. The third-order valence-electron chi connectivity index (χ3n) is 2.29. The van der Waals surface area contributed by atoms with Crippen molar-refractivity contribution in [3.8, 4) is 0 Å². The van der Waals surface area contributed by atoms with Crippen molar-refractivity contribution in [2.75, 3.05) is 6.61 Å². The summed E-state index contributed by atoms with van der Waals surface area (Å²) in [6.07, 6.45) is 6.36. The number of nitrogens with zero attached hydrogens (tertiary/aromatic N) is 2. The Morgan fingerprint density at radius 3 is 2.82 bits per heavy atom. The van der Waals surface area contributed by atoms with E-state index in [1.807, 2.05) is 26.0 Å². The number of hydrogen-bond acceptors (Lipinski definition) is 3. The predicted octanol–water partition coefficient (Wildman–Crippen LogP) is 1.61. The summed E-state index contributed by atoms with van der Waals surface area (Å²) in [6, 6.07) is 3.22. The van der Waals surface area contributed by atoms with Gasteiger partial charge in [0.15, 0.2) is 0 Å². The van der Waals surface area contributed by atoms with Crippen LogP contribution in [0.2, 0.25) is 0 Å². The minimum absolute atomic E-state index is 0.00548. The Balaban J connectivity index is 3.15. The molecule has 0 fully saturated rings. The van der Waals surface area contributed by atoms with E-state index in [1.165, 1.54) is 10.7 Å². The van der Waals surface area contributed by atoms with Gasteiger partial charge in [-0.15, -0.1) is 0 Å². The van der Waals surface area contributed by atoms with Gasteiger partial charge in [-0.2, -0.15) is 5.10 Å². The van der Waals surface area contributed by atoms with Gasteiger partial charge in [0, 0.05) is 12.6 Å². The van der Waals surface area contributed by atoms with E-state index in [0.29, 0.717) is 6.54 Å². The van der Waals surface area contributed by atoms with Gasteiger partial charge in [-0.25, -0.2) is 4.68 Å². The van der Waals surface area contributed by atoms with Gasteiger partial charge >= 0.3 is 0 Å². The highest BCUT2D eigenvalue weighted by Crippen LogP contribution is 2.12. The Morgan fingerprint density at radius 2 is 2.24 bits per heavy atom. The quantitative estimate of drug-likeness (QED) is 0.787. The molecule has 0 unspecified atom stereocenters. The first kappa shape index (κ1) is 13.4. The number of rotatable bonds is 5. The van der Waals surface area contributed by atoms with Crippen molar-refractivity contribution in [1.82, 2.24) is 9.78 Å². The van der Waals surface area contributed by atoms with Gasteiger partial charge in [-0.05, 0) is 25.0 Å². The first-order chi connectivity index (χ1) is 8.22. The molecule has 0 amide bonds. The Kier molecular flexibility index (Phi) is 5.36. The molecule has 0 atom stereocenters. The minimum atomic E-state index is -0.0989. The molecular formula is C13H18N2O2. The molecule has 0 aromatic carbocycles. The number of aliphatic hydroxyl groups is 1. The monoisotopic (exact) mass is 234 g/mol. The number of aliphatic hydroxyl groups excluding tert-OH is 1. The van der Waals surface area contributed by atoms with Gasteiger partial charge in [0.05, 0.1) is 12.3 Å². The van der Waals surface area contributed by atoms with Crippen LogP contribution in [0.4, 0.5) is 0 Å². The molecule has 0 radical (unpaired) electrons. The van der Waals surface area contributed by atoms with Crippen molar-refractivity contribution >= 4 is 5.57 Å². The van der Waals surface area contributed by atoms with E-state index in [4.69, 9.17) is 5.11 Å². The maximum Gasteiger partial charge on any atom is 0.266 e. The highest BCUT2D eigenvalue weighted by Gasteiger charge is 2.02. The van der Waals surface area contributed by atoms with Crippen molar-refractivity contribution < 1.29 is 5.11 Å². The number of hydrogen-bond donors (Lipinski definition) is 1. The summed E-state index contributed by atoms with van der Waals surface area (Å²) < 4.78 is 1.42. The zero-order valence-electron chi connectivity index (χ0n) is 10.3. The number of aromatic nitrogens is 2. The Hall–Kier alpha value is -1.68. The van der Waals surface area contributed by atoms with Crippen LogP contribution < -0.4 is 5.56 Å². The van der Waals surface area contributed by atoms with Crippen LogP contribution in [0.1, 0.15) is 26.0 Å². The largest absolute Gasteiger partial charge is 0.392 e. The Bertz CT molecular complexity index is 473. The Labute approximate surface area is 101 Å². The molecule has 4 nitrogen and oxygen atoms in total. The average Bonchev–Trinajstić information content (AvgIpc) is 2.35. The van der Waals surface area contributed by atoms with Gasteiger partial charge in [0.2, 0.25) is 0 Å². The molecular weight excluding hydrogens is 216 g/mol. The van der Waals surface area contributed by atoms with Crippen LogP contribution in [-0.4, -0.2) is 21.5 Å². The lowest BCUT2D eigenvalue weighted by Gasteiger charge is -2.05. The second-order valence-electron chi connectivity index (χ2n) is 3.53. The van der Waals surface area contributed by atoms with Gasteiger partial charge < -0.3 is 5.11 Å². The van der Waals surface area contributed by atoms with Crippen LogP contribution in [0.25, 0.3) is 5.57 Å². The van der Waals surface area contributed by atoms with E-state index in [9.17, 15) is 4.79 Å². The lowest BCUT2D eigenvalue weighted by Crippen LogP contribution is -2.21. The smallest absolute Gasteiger partial charge is 0.266 e. The molecule has 0 aliphatic rings. The fourth-order valence-corrected chi connectivity index (χ4v) is 1.49. The first-order valence-corrected chi connectivity index (χ1v) is 5.79. The van der Waals surface area contributed by atoms with Crippen LogP contribution >= 0.6 is 0 Å². The second-order valence-corrected chi connectivity index (χ2v) is 3.53. The number of allylic oxidation sites excluding steroid dienone is 3. The van der Waals surface area contributed by atoms with E-state index in [-0.39, 0.29) is 12.2 Å². The van der Waals surface area contributed by atoms with E-state index < -0.39 is 0 Å². The van der Waals surface area contributed by atoms with E-state index >= 15 is 0 Å². The van der Waals surface area contributed by atoms with Crippen molar-refractivity contribution in [3.63, 3.8) is 0 Å². The van der Waals surface area contributed by atoms with Crippen molar-refractivity contribution in [2.45, 2.75) is 26.8 Å². The third kappa shape index (κ3) is 3.67. The molecule has 4 heteroatoms. The maximum atomic E-state index is 11.4. The van der Waals surface area contributed by atoms with Gasteiger partial charge in [0.25, 0.3) is 5.56 Å². The Morgan fingerprint density at radius 1 is 1.47 bits per heavy atom. The van der Waals surface area contributed by atoms with E-state index in [0.717, 1.165) is 17.7 Å². The molecule has 92 valence electrons. The van der Waals surface area contributed by atoms with Crippen molar-refractivity contribution in [1.29, 1.82) is 0 Å². The molecule has 17 heavy (non-hydrogen) atoms. The molecule has 0 saturated carbocycles. The molecule has 0 bridgehead atoms. The van der Waals surface area contributed by atoms with Crippen LogP contribution in [-0.2, 0) is 6.54 Å². The summed E-state index contributed by atoms with van der Waals surface area (Å²) in [5.41, 5.74) is 1.57. The van der Waals surface area contributed by atoms with E-state index in [1.54, 1.807) is 12.1 Å². The van der Waals surface area contributed by atoms with Crippen molar-refractivity contribution in [2.24, 2.45) is 0 Å². The summed E-state index contributed by atoms with van der Waals surface area (Å²) >= 11 is 0. The fourth-order valence-electron chi connectivity index (χ4n) is 1.49. The van der Waals surface area contributed by atoms with E-state index in [2.05, 4.69) is 5.10 Å². The third-order valence-corrected chi connectivity index (χ3v) is 2.29. The van der Waals surface area contributed by atoms with Crippen molar-refractivity contribution in [3.05, 3.63) is 46.4 Å². The summed E-state index contributed by atoms with van der Waals surface area (Å²) in [6.45, 7) is 4.46. The maximum absolute atomic E-state index is 11.4. The summed E-state index contributed by atoms with van der Waals surface area (Å²) in [5.74, 6) is 0. The SMILES string of the molecule is CCC=C(C=CCO)c1ccc(=O)n(CC)n1. The van der Waals surface area contributed by atoms with Gasteiger partial charge in [-0.3, -0.25) is 4.79 Å². The second kappa shape index (κ2) is 6.81. The zero-order valence-corrected chi connectivity index (χ0v) is 10.3. The molecule has 0 saturated heterocycles. The lowest BCUT2D eigenvalue weighted by molar-refractivity contribution is 0.343. The predicted molar refractivity (Wildman–Crippen MR) is 68.7 cm³/mol. The lowest BCUT2D eigenvalue weighted by atomic mass is 10.1. The molecule has 1 aromatic rings. The number of aryl methyl sites for hydroxylation is 1. The van der Waals surface area contributed by atoms with Gasteiger partial charge in [0.1, 0.15) is 0 Å². The zero-order chi connectivity index (χ0) is 12.7. The molecule has 0 aliphatic carbocycles. The topological polar surface area (TPSA) is 55.1 Å². The summed E-state index contributed by atoms with van der Waals surface area (Å²) in [7, 11) is 0. The average molecular weight is 234 g/mol. The molecule has 1 N–H and O–H groups in total. The van der Waals surface area contributed by atoms with Crippen LogP contribution in [0.3, 0.4) is 0 Å². The fraction of sp³-hybridized carbons (Fsp3) is 0.385. The normalized spacial score (nSPS) is 12.3. The molecule has 0 spiro atoms. The molecule has 1 aromatic heterocycles. The minimum Gasteiger partial charge on any atom is -0.392 e. The molecule has 1 rings (SSSR count). The van der Waals surface area contributed by atoms with Crippen LogP contribution in [0.15, 0.2) is 35.2 Å². The van der Waals surface area contributed by atoms with Crippen LogP contribution in [0.5, 0.6) is 0 Å². The summed E-state index contributed by atoms with van der Waals surface area (Å²) in [5, 5.41) is 13.1. The highest BCUT2D eigenvalue weighted by atomic mass is 16.2. The first-order valence-electron chi connectivity index (χ1n) is 5.79. The summed E-state index contributed by atoms with van der Waals surface area (Å²) in [4.78, 5) is 11.4. The molecule has 0 aliphatic heterocycles.